The fraction of sp³-hybridized carbons (Fsp3) is 0.524. The van der Waals surface area contributed by atoms with Crippen LogP contribution in [0.25, 0.3) is 0 Å². The van der Waals surface area contributed by atoms with Crippen molar-refractivity contribution in [1.29, 1.82) is 0 Å². The number of nitrogens with one attached hydrogen (secondary N) is 2. The number of nitrogens with two attached hydrogens (primary N) is 1. The number of hydrogen-bond donors (Lipinski definition) is 3. The number of morpholine rings is 1. The minimum Gasteiger partial charge on any atom is -0.493 e. The number of nitrogens with zero attached hydrogens (tertiary/aromatic N) is 3. The van der Waals surface area contributed by atoms with E-state index in [-0.39, 0.29) is 0 Å². The molecule has 164 valence electrons. The second-order valence-electron chi connectivity index (χ2n) is 7.09. The number of hydrogen-bond acceptors (Lipinski definition) is 9. The zero-order valence-corrected chi connectivity index (χ0v) is 17.8. The molecule has 0 radical (unpaired) electrons. The monoisotopic (exact) mass is 416 g/mol. The topological polar surface area (TPSA) is 107 Å². The van der Waals surface area contributed by atoms with Gasteiger partial charge in [0.2, 0.25) is 0 Å². The van der Waals surface area contributed by atoms with Crippen molar-refractivity contribution < 1.29 is 14.2 Å². The molecule has 0 unspecified atom stereocenters. The maximum absolute atomic E-state index is 6.26. The molecule has 2 aromatic rings. The van der Waals surface area contributed by atoms with Gasteiger partial charge in [-0.15, -0.1) is 0 Å². The SMILES string of the molecule is COc1ccc(CCNc2ncnc(NCCCN3CCOCC3)c2N)cc1OC. The number of aromatic nitrogens is 2. The maximum Gasteiger partial charge on any atom is 0.160 e. The van der Waals surface area contributed by atoms with Gasteiger partial charge in [-0.3, -0.25) is 4.90 Å². The number of methoxy groups -OCH3 is 2. The highest BCUT2D eigenvalue weighted by Crippen LogP contribution is 2.28. The van der Waals surface area contributed by atoms with E-state index in [2.05, 4.69) is 25.5 Å². The molecule has 3 rings (SSSR count). The maximum atomic E-state index is 6.26. The van der Waals surface area contributed by atoms with Gasteiger partial charge < -0.3 is 30.6 Å². The van der Waals surface area contributed by atoms with Crippen LogP contribution in [-0.2, 0) is 11.2 Å². The van der Waals surface area contributed by atoms with Crippen LogP contribution >= 0.6 is 0 Å². The van der Waals surface area contributed by atoms with Crippen LogP contribution in [0.4, 0.5) is 17.3 Å². The molecule has 0 bridgehead atoms. The van der Waals surface area contributed by atoms with Crippen molar-refractivity contribution in [2.75, 3.05) is 76.5 Å². The van der Waals surface area contributed by atoms with Gasteiger partial charge in [0, 0.05) is 26.2 Å². The third kappa shape index (κ3) is 6.11. The van der Waals surface area contributed by atoms with Crippen LogP contribution < -0.4 is 25.8 Å². The molecule has 1 aliphatic heterocycles. The summed E-state index contributed by atoms with van der Waals surface area (Å²) in [6.45, 7) is 6.19. The first-order chi connectivity index (χ1) is 14.7. The third-order valence-electron chi connectivity index (χ3n) is 5.09. The van der Waals surface area contributed by atoms with E-state index in [0.29, 0.717) is 23.9 Å². The van der Waals surface area contributed by atoms with Gasteiger partial charge in [0.25, 0.3) is 0 Å². The van der Waals surface area contributed by atoms with Gasteiger partial charge in [0.05, 0.1) is 27.4 Å². The van der Waals surface area contributed by atoms with Gasteiger partial charge in [-0.1, -0.05) is 6.07 Å². The van der Waals surface area contributed by atoms with Gasteiger partial charge in [-0.05, 0) is 37.1 Å². The summed E-state index contributed by atoms with van der Waals surface area (Å²) in [4.78, 5) is 11.0. The van der Waals surface area contributed by atoms with Crippen molar-refractivity contribution in [1.82, 2.24) is 14.9 Å². The summed E-state index contributed by atoms with van der Waals surface area (Å²) in [7, 11) is 3.27. The molecule has 1 aliphatic rings. The largest absolute Gasteiger partial charge is 0.493 e. The summed E-state index contributed by atoms with van der Waals surface area (Å²) in [5.41, 5.74) is 7.93. The highest BCUT2D eigenvalue weighted by atomic mass is 16.5. The van der Waals surface area contributed by atoms with Gasteiger partial charge in [0.15, 0.2) is 23.1 Å². The number of ether oxygens (including phenoxy) is 3. The predicted octanol–water partition coefficient (Wildman–Crippen LogP) is 1.86. The van der Waals surface area contributed by atoms with Crippen LogP contribution in [0.15, 0.2) is 24.5 Å². The lowest BCUT2D eigenvalue weighted by atomic mass is 10.1. The Hall–Kier alpha value is -2.78. The molecule has 0 spiro atoms. The minimum atomic E-state index is 0.538. The van der Waals surface area contributed by atoms with E-state index in [0.717, 1.165) is 69.3 Å². The molecule has 2 heterocycles. The molecule has 1 saturated heterocycles. The molecule has 0 aliphatic carbocycles. The molecule has 1 aromatic heterocycles. The van der Waals surface area contributed by atoms with Crippen molar-refractivity contribution >= 4 is 17.3 Å². The minimum absolute atomic E-state index is 0.538. The van der Waals surface area contributed by atoms with E-state index in [4.69, 9.17) is 19.9 Å². The molecule has 0 atom stereocenters. The van der Waals surface area contributed by atoms with Gasteiger partial charge in [-0.2, -0.15) is 0 Å². The van der Waals surface area contributed by atoms with Crippen molar-refractivity contribution in [3.63, 3.8) is 0 Å². The molecular formula is C21H32N6O3. The number of rotatable bonds is 11. The van der Waals surface area contributed by atoms with Crippen LogP contribution in [0.5, 0.6) is 11.5 Å². The Labute approximate surface area is 177 Å². The predicted molar refractivity (Wildman–Crippen MR) is 119 cm³/mol. The zero-order valence-electron chi connectivity index (χ0n) is 17.8. The van der Waals surface area contributed by atoms with Crippen molar-refractivity contribution in [2.24, 2.45) is 0 Å². The Morgan fingerprint density at radius 3 is 2.43 bits per heavy atom. The van der Waals surface area contributed by atoms with Gasteiger partial charge in [-0.25, -0.2) is 9.97 Å². The highest BCUT2D eigenvalue weighted by molar-refractivity contribution is 5.73. The average molecular weight is 417 g/mol. The van der Waals surface area contributed by atoms with E-state index in [1.54, 1.807) is 14.2 Å². The standard InChI is InChI=1S/C21H32N6O3/c1-28-17-5-4-16(14-18(17)29-2)6-8-24-21-19(22)20(25-15-26-21)23-7-3-9-27-10-12-30-13-11-27/h4-5,14-15H,3,6-13,22H2,1-2H3,(H2,23,24,25,26). The van der Waals surface area contributed by atoms with E-state index in [1.165, 1.54) is 6.33 Å². The molecule has 1 fully saturated rings. The van der Waals surface area contributed by atoms with Crippen LogP contribution in [0.3, 0.4) is 0 Å². The molecule has 9 nitrogen and oxygen atoms in total. The zero-order chi connectivity index (χ0) is 21.2. The van der Waals surface area contributed by atoms with E-state index >= 15 is 0 Å². The Morgan fingerprint density at radius 2 is 1.73 bits per heavy atom. The number of nitrogen functional groups attached to an aromatic ring is 1. The number of benzene rings is 1. The smallest absolute Gasteiger partial charge is 0.160 e. The quantitative estimate of drug-likeness (QED) is 0.473. The first-order valence-electron chi connectivity index (χ1n) is 10.3. The first-order valence-corrected chi connectivity index (χ1v) is 10.3. The second-order valence-corrected chi connectivity index (χ2v) is 7.09. The van der Waals surface area contributed by atoms with Gasteiger partial charge in [0.1, 0.15) is 12.0 Å². The Bertz CT molecular complexity index is 798. The average Bonchev–Trinajstić information content (AvgIpc) is 2.79. The normalized spacial score (nSPS) is 14.3. The third-order valence-corrected chi connectivity index (χ3v) is 5.09. The van der Waals surface area contributed by atoms with Crippen molar-refractivity contribution in [3.05, 3.63) is 30.1 Å². The van der Waals surface area contributed by atoms with E-state index in [9.17, 15) is 0 Å². The fourth-order valence-corrected chi connectivity index (χ4v) is 3.37. The first kappa shape index (κ1) is 21.9. The van der Waals surface area contributed by atoms with Crippen molar-refractivity contribution in [2.45, 2.75) is 12.8 Å². The number of anilines is 3. The molecule has 4 N–H and O–H groups in total. The summed E-state index contributed by atoms with van der Waals surface area (Å²) in [5, 5.41) is 6.62. The lowest BCUT2D eigenvalue weighted by Gasteiger charge is -2.26. The summed E-state index contributed by atoms with van der Waals surface area (Å²) in [6, 6.07) is 5.91. The Kier molecular flexibility index (Phi) is 8.34. The molecule has 30 heavy (non-hydrogen) atoms. The summed E-state index contributed by atoms with van der Waals surface area (Å²) >= 11 is 0. The van der Waals surface area contributed by atoms with E-state index < -0.39 is 0 Å². The highest BCUT2D eigenvalue weighted by Gasteiger charge is 2.11. The van der Waals surface area contributed by atoms with Crippen LogP contribution in [0.1, 0.15) is 12.0 Å². The lowest BCUT2D eigenvalue weighted by Crippen LogP contribution is -2.37. The lowest BCUT2D eigenvalue weighted by molar-refractivity contribution is 0.0378. The summed E-state index contributed by atoms with van der Waals surface area (Å²) < 4.78 is 16.0. The van der Waals surface area contributed by atoms with Crippen LogP contribution in [0.2, 0.25) is 0 Å². The van der Waals surface area contributed by atoms with Crippen molar-refractivity contribution in [3.8, 4) is 11.5 Å². The molecule has 9 heteroatoms. The van der Waals surface area contributed by atoms with E-state index in [1.807, 2.05) is 18.2 Å². The molecule has 0 saturated carbocycles. The molecular weight excluding hydrogens is 384 g/mol. The van der Waals surface area contributed by atoms with Gasteiger partial charge >= 0.3 is 0 Å². The Morgan fingerprint density at radius 1 is 1.03 bits per heavy atom. The van der Waals surface area contributed by atoms with Crippen LogP contribution in [-0.4, -0.2) is 75.0 Å². The molecule has 0 amide bonds. The van der Waals surface area contributed by atoms with Crippen LogP contribution in [0, 0.1) is 0 Å². The second kappa shape index (κ2) is 11.4. The summed E-state index contributed by atoms with van der Waals surface area (Å²) in [5.74, 6) is 2.75. The Balaban J connectivity index is 1.46. The fourth-order valence-electron chi connectivity index (χ4n) is 3.37. The molecule has 1 aromatic carbocycles. The summed E-state index contributed by atoms with van der Waals surface area (Å²) in [6.07, 6.45) is 3.34.